The zero-order valence-corrected chi connectivity index (χ0v) is 12.8. The van der Waals surface area contributed by atoms with Gasteiger partial charge < -0.3 is 0 Å². The van der Waals surface area contributed by atoms with Crippen molar-refractivity contribution in [2.75, 3.05) is 6.26 Å². The van der Waals surface area contributed by atoms with Crippen LogP contribution in [-0.4, -0.2) is 24.7 Å². The third-order valence-corrected chi connectivity index (χ3v) is 6.03. The van der Waals surface area contributed by atoms with Gasteiger partial charge in [-0.25, -0.2) is 8.42 Å². The van der Waals surface area contributed by atoms with Crippen molar-refractivity contribution in [1.82, 2.24) is 0 Å². The third kappa shape index (κ3) is 2.82. The summed E-state index contributed by atoms with van der Waals surface area (Å²) in [6, 6.07) is 4.19. The lowest BCUT2D eigenvalue weighted by Gasteiger charge is -2.22. The Hall–Kier alpha value is -0.290. The minimum atomic E-state index is -3.76. The van der Waals surface area contributed by atoms with E-state index in [0.717, 1.165) is 6.26 Å². The van der Waals surface area contributed by atoms with E-state index in [-0.39, 0.29) is 17.0 Å². The summed E-state index contributed by atoms with van der Waals surface area (Å²) in [5.41, 5.74) is 0.0448. The monoisotopic (exact) mass is 328 g/mol. The van der Waals surface area contributed by atoms with Crippen LogP contribution in [0.15, 0.2) is 18.2 Å². The average molecular weight is 330 g/mol. The van der Waals surface area contributed by atoms with Crippen LogP contribution in [0.1, 0.15) is 23.7 Å². The van der Waals surface area contributed by atoms with Gasteiger partial charge in [-0.05, 0) is 24.6 Å². The summed E-state index contributed by atoms with van der Waals surface area (Å²) in [6.45, 7) is 1.52. The van der Waals surface area contributed by atoms with E-state index in [4.69, 9.17) is 34.8 Å². The highest BCUT2D eigenvalue weighted by Gasteiger charge is 2.45. The van der Waals surface area contributed by atoms with E-state index in [2.05, 4.69) is 0 Å². The number of ketones is 1. The Morgan fingerprint density at radius 2 is 1.89 bits per heavy atom. The number of rotatable bonds is 4. The summed E-state index contributed by atoms with van der Waals surface area (Å²) < 4.78 is 21.3. The van der Waals surface area contributed by atoms with Crippen LogP contribution < -0.4 is 0 Å². The van der Waals surface area contributed by atoms with Crippen LogP contribution in [-0.2, 0) is 9.84 Å². The summed E-state index contributed by atoms with van der Waals surface area (Å²) in [5.74, 6) is -0.740. The normalized spacial score (nSPS) is 15.2. The maximum atomic E-state index is 12.2. The highest BCUT2D eigenvalue weighted by atomic mass is 35.5. The number of carbonyl (C=O) groups excluding carboxylic acids is 1. The van der Waals surface area contributed by atoms with E-state index in [9.17, 15) is 13.2 Å². The van der Waals surface area contributed by atoms with Gasteiger partial charge in [0.25, 0.3) is 0 Å². The number of sulfone groups is 1. The molecule has 0 N–H and O–H groups in total. The standard InChI is InChI=1S/C11H11Cl3O3S/c1-3-11(14,18(2,16)17)10(15)8-5-4-7(12)6-9(8)13/h4-6H,3H2,1-2H3/t11-/m1/s1. The van der Waals surface area contributed by atoms with Crippen LogP contribution in [0.5, 0.6) is 0 Å². The first kappa shape index (κ1) is 15.8. The first-order valence-electron chi connectivity index (χ1n) is 5.02. The first-order chi connectivity index (χ1) is 8.13. The van der Waals surface area contributed by atoms with E-state index in [1.165, 1.54) is 25.1 Å². The van der Waals surface area contributed by atoms with Crippen LogP contribution in [0.4, 0.5) is 0 Å². The molecule has 0 aliphatic rings. The Bertz CT molecular complexity index is 583. The number of hydrogen-bond donors (Lipinski definition) is 0. The maximum Gasteiger partial charge on any atom is 0.207 e. The Morgan fingerprint density at radius 3 is 2.28 bits per heavy atom. The molecule has 0 saturated carbocycles. The molecule has 0 heterocycles. The van der Waals surface area contributed by atoms with E-state index in [1.807, 2.05) is 0 Å². The van der Waals surface area contributed by atoms with Crippen molar-refractivity contribution in [2.45, 2.75) is 17.6 Å². The largest absolute Gasteiger partial charge is 0.291 e. The van der Waals surface area contributed by atoms with Crippen molar-refractivity contribution in [3.8, 4) is 0 Å². The van der Waals surface area contributed by atoms with Crippen molar-refractivity contribution in [1.29, 1.82) is 0 Å². The highest BCUT2D eigenvalue weighted by molar-refractivity contribution is 7.94. The molecule has 1 aromatic rings. The number of hydrogen-bond acceptors (Lipinski definition) is 3. The Labute approximate surface area is 121 Å². The molecule has 0 bridgehead atoms. The van der Waals surface area contributed by atoms with Gasteiger partial charge in [0.15, 0.2) is 9.84 Å². The number of benzene rings is 1. The zero-order valence-electron chi connectivity index (χ0n) is 9.71. The summed E-state index contributed by atoms with van der Waals surface area (Å²) >= 11 is 17.6. The lowest BCUT2D eigenvalue weighted by Crippen LogP contribution is -2.40. The van der Waals surface area contributed by atoms with E-state index in [1.54, 1.807) is 0 Å². The molecule has 7 heteroatoms. The van der Waals surface area contributed by atoms with Gasteiger partial charge in [0.1, 0.15) is 0 Å². The maximum absolute atomic E-state index is 12.2. The zero-order chi connectivity index (χ0) is 14.1. The molecule has 0 spiro atoms. The average Bonchev–Trinajstić information content (AvgIpc) is 2.25. The predicted molar refractivity (Wildman–Crippen MR) is 74.5 cm³/mol. The number of carbonyl (C=O) groups is 1. The molecule has 0 unspecified atom stereocenters. The van der Waals surface area contributed by atoms with Gasteiger partial charge in [0, 0.05) is 16.8 Å². The van der Waals surface area contributed by atoms with Gasteiger partial charge in [0.05, 0.1) is 5.02 Å². The topological polar surface area (TPSA) is 51.2 Å². The molecule has 0 saturated heterocycles. The Kier molecular flexibility index (Phi) is 4.70. The van der Waals surface area contributed by atoms with Crippen molar-refractivity contribution in [3.63, 3.8) is 0 Å². The van der Waals surface area contributed by atoms with Crippen molar-refractivity contribution in [2.24, 2.45) is 0 Å². The SMILES string of the molecule is CC[C@](Cl)(C(=O)c1ccc(Cl)cc1Cl)S(C)(=O)=O. The van der Waals surface area contributed by atoms with Crippen LogP contribution in [0.25, 0.3) is 0 Å². The fraction of sp³-hybridized carbons (Fsp3) is 0.364. The molecule has 0 fully saturated rings. The fourth-order valence-electron chi connectivity index (χ4n) is 1.47. The van der Waals surface area contributed by atoms with Gasteiger partial charge in [-0.2, -0.15) is 0 Å². The van der Waals surface area contributed by atoms with Gasteiger partial charge in [-0.1, -0.05) is 41.7 Å². The molecule has 0 radical (unpaired) electrons. The predicted octanol–water partition coefficient (Wildman–Crippen LogP) is 3.57. The molecule has 100 valence electrons. The molecule has 1 rings (SSSR count). The molecule has 3 nitrogen and oxygen atoms in total. The lowest BCUT2D eigenvalue weighted by molar-refractivity contribution is 0.0971. The molecular weight excluding hydrogens is 319 g/mol. The lowest BCUT2D eigenvalue weighted by atomic mass is 10.1. The number of alkyl halides is 1. The van der Waals surface area contributed by atoms with Gasteiger partial charge in [-0.15, -0.1) is 0 Å². The smallest absolute Gasteiger partial charge is 0.207 e. The summed E-state index contributed by atoms with van der Waals surface area (Å²) in [7, 11) is -3.76. The second kappa shape index (κ2) is 5.37. The van der Waals surface area contributed by atoms with Crippen LogP contribution >= 0.6 is 34.8 Å². The summed E-state index contributed by atoms with van der Waals surface area (Å²) in [5, 5.41) is 0.433. The van der Waals surface area contributed by atoms with Crippen LogP contribution in [0.3, 0.4) is 0 Å². The van der Waals surface area contributed by atoms with Crippen molar-refractivity contribution in [3.05, 3.63) is 33.8 Å². The minimum absolute atomic E-state index is 0.0448. The molecule has 1 atom stereocenters. The quantitative estimate of drug-likeness (QED) is 0.627. The fourth-order valence-corrected chi connectivity index (χ4v) is 3.03. The molecule has 0 amide bonds. The third-order valence-electron chi connectivity index (χ3n) is 2.56. The molecule has 0 aromatic heterocycles. The van der Waals surface area contributed by atoms with Crippen LogP contribution in [0, 0.1) is 0 Å². The first-order valence-corrected chi connectivity index (χ1v) is 8.04. The van der Waals surface area contributed by atoms with E-state index in [0.29, 0.717) is 5.02 Å². The van der Waals surface area contributed by atoms with Crippen molar-refractivity contribution < 1.29 is 13.2 Å². The molecule has 0 aliphatic heterocycles. The summed E-state index contributed by atoms with van der Waals surface area (Å²) in [6.07, 6.45) is 0.871. The van der Waals surface area contributed by atoms with Gasteiger partial charge in [0.2, 0.25) is 9.99 Å². The Balaban J connectivity index is 3.37. The highest BCUT2D eigenvalue weighted by Crippen LogP contribution is 2.33. The second-order valence-electron chi connectivity index (χ2n) is 3.81. The van der Waals surface area contributed by atoms with E-state index < -0.39 is 19.8 Å². The number of halogens is 3. The van der Waals surface area contributed by atoms with Crippen molar-refractivity contribution >= 4 is 50.4 Å². The molecule has 18 heavy (non-hydrogen) atoms. The molecular formula is C11H11Cl3O3S. The number of Topliss-reactive ketones (excluding diaryl/α,β-unsaturated/α-hetero) is 1. The van der Waals surface area contributed by atoms with Gasteiger partial charge >= 0.3 is 0 Å². The minimum Gasteiger partial charge on any atom is -0.291 e. The molecule has 1 aromatic carbocycles. The van der Waals surface area contributed by atoms with Gasteiger partial charge in [-0.3, -0.25) is 4.79 Å². The summed E-state index contributed by atoms with van der Waals surface area (Å²) in [4.78, 5) is 12.2. The van der Waals surface area contributed by atoms with E-state index >= 15 is 0 Å². The molecule has 0 aliphatic carbocycles. The second-order valence-corrected chi connectivity index (χ2v) is 7.76. The Morgan fingerprint density at radius 1 is 1.33 bits per heavy atom. The van der Waals surface area contributed by atoms with Crippen LogP contribution in [0.2, 0.25) is 10.0 Å².